The monoisotopic (exact) mass is 354 g/mol. The van der Waals surface area contributed by atoms with Gasteiger partial charge in [0, 0.05) is 22.4 Å². The van der Waals surface area contributed by atoms with E-state index in [1.807, 2.05) is 30.0 Å². The summed E-state index contributed by atoms with van der Waals surface area (Å²) in [6, 6.07) is 16.5. The molecular weight excluding hydrogens is 328 g/mol. The zero-order valence-electron chi connectivity index (χ0n) is 15.2. The molecule has 0 saturated carbocycles. The number of para-hydroxylation sites is 1. The standard InChI is InChI=1S/C21H26N2OS/c1-4-18-13-23(19-7-5-6-8-20(19)25-18)14-21(24)22-17-11-9-16(10-12-17)15(2)3/h5-12,15,18H,4,13-14H2,1-3H3,(H,22,24)/t18-/m0/s1. The normalized spacial score (nSPS) is 16.6. The summed E-state index contributed by atoms with van der Waals surface area (Å²) in [6.45, 7) is 7.85. The maximum Gasteiger partial charge on any atom is 0.243 e. The van der Waals surface area contributed by atoms with E-state index >= 15 is 0 Å². The van der Waals surface area contributed by atoms with Crippen molar-refractivity contribution in [2.45, 2.75) is 43.3 Å². The fourth-order valence-electron chi connectivity index (χ4n) is 3.07. The number of fused-ring (bicyclic) bond motifs is 1. The van der Waals surface area contributed by atoms with Crippen molar-refractivity contribution in [2.75, 3.05) is 23.3 Å². The van der Waals surface area contributed by atoms with Crippen molar-refractivity contribution in [3.8, 4) is 0 Å². The Morgan fingerprint density at radius 1 is 1.20 bits per heavy atom. The van der Waals surface area contributed by atoms with Crippen LogP contribution in [0.2, 0.25) is 0 Å². The van der Waals surface area contributed by atoms with E-state index < -0.39 is 0 Å². The van der Waals surface area contributed by atoms with E-state index in [2.05, 4.69) is 61.3 Å². The van der Waals surface area contributed by atoms with Gasteiger partial charge in [-0.05, 0) is 42.2 Å². The van der Waals surface area contributed by atoms with E-state index in [9.17, 15) is 4.79 Å². The highest BCUT2D eigenvalue weighted by Crippen LogP contribution is 2.39. The zero-order valence-corrected chi connectivity index (χ0v) is 16.0. The Morgan fingerprint density at radius 2 is 1.92 bits per heavy atom. The molecule has 0 aliphatic carbocycles. The Balaban J connectivity index is 1.68. The lowest BCUT2D eigenvalue weighted by molar-refractivity contribution is -0.115. The van der Waals surface area contributed by atoms with Gasteiger partial charge in [-0.3, -0.25) is 4.79 Å². The smallest absolute Gasteiger partial charge is 0.243 e. The molecule has 1 amide bonds. The van der Waals surface area contributed by atoms with Gasteiger partial charge in [-0.15, -0.1) is 11.8 Å². The van der Waals surface area contributed by atoms with Gasteiger partial charge in [-0.25, -0.2) is 0 Å². The van der Waals surface area contributed by atoms with Gasteiger partial charge in [0.05, 0.1) is 12.2 Å². The van der Waals surface area contributed by atoms with Gasteiger partial charge < -0.3 is 10.2 Å². The van der Waals surface area contributed by atoms with E-state index in [-0.39, 0.29) is 5.91 Å². The molecule has 1 N–H and O–H groups in total. The molecule has 132 valence electrons. The third-order valence-corrected chi connectivity index (χ3v) is 5.99. The van der Waals surface area contributed by atoms with E-state index in [1.54, 1.807) is 0 Å². The number of thioether (sulfide) groups is 1. The summed E-state index contributed by atoms with van der Waals surface area (Å²) >= 11 is 1.92. The summed E-state index contributed by atoms with van der Waals surface area (Å²) in [5.41, 5.74) is 3.31. The van der Waals surface area contributed by atoms with Gasteiger partial charge in [0.25, 0.3) is 0 Å². The average Bonchev–Trinajstić information content (AvgIpc) is 2.62. The van der Waals surface area contributed by atoms with Crippen LogP contribution in [-0.4, -0.2) is 24.2 Å². The Labute approximate surface area is 154 Å². The first-order valence-electron chi connectivity index (χ1n) is 8.97. The maximum absolute atomic E-state index is 12.5. The zero-order chi connectivity index (χ0) is 17.8. The number of hydrogen-bond acceptors (Lipinski definition) is 3. The van der Waals surface area contributed by atoms with Crippen LogP contribution in [0.5, 0.6) is 0 Å². The fraction of sp³-hybridized carbons (Fsp3) is 0.381. The Kier molecular flexibility index (Phi) is 5.69. The van der Waals surface area contributed by atoms with Gasteiger partial charge in [-0.2, -0.15) is 0 Å². The maximum atomic E-state index is 12.5. The lowest BCUT2D eigenvalue weighted by atomic mass is 10.0. The van der Waals surface area contributed by atoms with Crippen LogP contribution in [0, 0.1) is 0 Å². The van der Waals surface area contributed by atoms with E-state index in [4.69, 9.17) is 0 Å². The summed E-state index contributed by atoms with van der Waals surface area (Å²) in [4.78, 5) is 16.0. The number of benzene rings is 2. The van der Waals surface area contributed by atoms with Gasteiger partial charge in [0.15, 0.2) is 0 Å². The van der Waals surface area contributed by atoms with E-state index in [0.717, 1.165) is 18.7 Å². The van der Waals surface area contributed by atoms with Crippen molar-refractivity contribution >= 4 is 29.0 Å². The van der Waals surface area contributed by atoms with Crippen molar-refractivity contribution < 1.29 is 4.79 Å². The predicted octanol–water partition coefficient (Wildman–Crippen LogP) is 5.14. The molecular formula is C21H26N2OS. The summed E-state index contributed by atoms with van der Waals surface area (Å²) in [6.07, 6.45) is 1.10. The number of nitrogens with one attached hydrogen (secondary N) is 1. The number of anilines is 2. The number of carbonyl (C=O) groups is 1. The Morgan fingerprint density at radius 3 is 2.60 bits per heavy atom. The predicted molar refractivity (Wildman–Crippen MR) is 108 cm³/mol. The molecule has 0 unspecified atom stereocenters. The first kappa shape index (κ1) is 17.9. The van der Waals surface area contributed by atoms with E-state index in [0.29, 0.717) is 17.7 Å². The van der Waals surface area contributed by atoms with Gasteiger partial charge >= 0.3 is 0 Å². The van der Waals surface area contributed by atoms with Crippen LogP contribution >= 0.6 is 11.8 Å². The molecule has 3 nitrogen and oxygen atoms in total. The molecule has 1 heterocycles. The minimum Gasteiger partial charge on any atom is -0.360 e. The molecule has 0 radical (unpaired) electrons. The number of nitrogens with zero attached hydrogens (tertiary/aromatic N) is 1. The van der Waals surface area contributed by atoms with Gasteiger partial charge in [-0.1, -0.05) is 45.0 Å². The van der Waals surface area contributed by atoms with Crippen LogP contribution in [0.25, 0.3) is 0 Å². The summed E-state index contributed by atoms with van der Waals surface area (Å²) in [5.74, 6) is 0.534. The Bertz CT molecular complexity index is 727. The molecule has 1 atom stereocenters. The molecule has 0 aromatic heterocycles. The number of rotatable bonds is 5. The second-order valence-electron chi connectivity index (χ2n) is 6.82. The van der Waals surface area contributed by atoms with Gasteiger partial charge in [0.1, 0.15) is 0 Å². The van der Waals surface area contributed by atoms with Crippen molar-refractivity contribution in [2.24, 2.45) is 0 Å². The lowest BCUT2D eigenvalue weighted by Crippen LogP contribution is -2.40. The van der Waals surface area contributed by atoms with E-state index in [1.165, 1.54) is 16.1 Å². The first-order valence-corrected chi connectivity index (χ1v) is 9.85. The highest BCUT2D eigenvalue weighted by Gasteiger charge is 2.25. The number of amides is 1. The van der Waals surface area contributed by atoms with Crippen LogP contribution in [0.15, 0.2) is 53.4 Å². The molecule has 25 heavy (non-hydrogen) atoms. The van der Waals surface area contributed by atoms with Crippen molar-refractivity contribution in [3.63, 3.8) is 0 Å². The van der Waals surface area contributed by atoms with Crippen LogP contribution in [-0.2, 0) is 4.79 Å². The molecule has 0 fully saturated rings. The van der Waals surface area contributed by atoms with Crippen LogP contribution in [0.1, 0.15) is 38.7 Å². The highest BCUT2D eigenvalue weighted by atomic mass is 32.2. The summed E-state index contributed by atoms with van der Waals surface area (Å²) < 4.78 is 0. The third-order valence-electron chi connectivity index (χ3n) is 4.57. The molecule has 1 aliphatic rings. The lowest BCUT2D eigenvalue weighted by Gasteiger charge is -2.34. The minimum absolute atomic E-state index is 0.0360. The van der Waals surface area contributed by atoms with Crippen LogP contribution < -0.4 is 10.2 Å². The molecule has 4 heteroatoms. The summed E-state index contributed by atoms with van der Waals surface area (Å²) in [5, 5.41) is 3.57. The fourth-order valence-corrected chi connectivity index (χ4v) is 4.32. The molecule has 0 spiro atoms. The number of carbonyl (C=O) groups excluding carboxylic acids is 1. The average molecular weight is 355 g/mol. The molecule has 0 bridgehead atoms. The largest absolute Gasteiger partial charge is 0.360 e. The SMILES string of the molecule is CC[C@H]1CN(CC(=O)Nc2ccc(C(C)C)cc2)c2ccccc2S1. The Hall–Kier alpha value is -1.94. The molecule has 0 saturated heterocycles. The van der Waals surface area contributed by atoms with Crippen LogP contribution in [0.3, 0.4) is 0 Å². The quantitative estimate of drug-likeness (QED) is 0.807. The molecule has 3 rings (SSSR count). The topological polar surface area (TPSA) is 32.3 Å². The molecule has 2 aromatic carbocycles. The minimum atomic E-state index is 0.0360. The van der Waals surface area contributed by atoms with Crippen LogP contribution in [0.4, 0.5) is 11.4 Å². The third kappa shape index (κ3) is 4.37. The van der Waals surface area contributed by atoms with Crippen molar-refractivity contribution in [1.82, 2.24) is 0 Å². The second-order valence-corrected chi connectivity index (χ2v) is 8.16. The molecule has 2 aromatic rings. The number of hydrogen-bond donors (Lipinski definition) is 1. The summed E-state index contributed by atoms with van der Waals surface area (Å²) in [7, 11) is 0. The van der Waals surface area contributed by atoms with Crippen molar-refractivity contribution in [3.05, 3.63) is 54.1 Å². The first-order chi connectivity index (χ1) is 12.1. The van der Waals surface area contributed by atoms with Gasteiger partial charge in [0.2, 0.25) is 5.91 Å². The highest BCUT2D eigenvalue weighted by molar-refractivity contribution is 8.00. The van der Waals surface area contributed by atoms with Crippen molar-refractivity contribution in [1.29, 1.82) is 0 Å². The second kappa shape index (κ2) is 7.96. The molecule has 1 aliphatic heterocycles.